The molecule has 0 saturated carbocycles. The monoisotopic (exact) mass is 339 g/mol. The summed E-state index contributed by atoms with van der Waals surface area (Å²) in [5.41, 5.74) is 1.38. The Bertz CT molecular complexity index is 517. The fourth-order valence-electron chi connectivity index (χ4n) is 2.14. The Morgan fingerprint density at radius 3 is 2.10 bits per heavy atom. The van der Waals surface area contributed by atoms with E-state index in [-0.39, 0.29) is 0 Å². The number of rotatable bonds is 9. The summed E-state index contributed by atoms with van der Waals surface area (Å²) in [6, 6.07) is 6.57. The van der Waals surface area contributed by atoms with Gasteiger partial charge < -0.3 is 4.40 Å². The van der Waals surface area contributed by atoms with Gasteiger partial charge in [-0.15, -0.1) is 35.3 Å². The second kappa shape index (κ2) is 9.06. The molecule has 2 aromatic rings. The first kappa shape index (κ1) is 17.2. The highest BCUT2D eigenvalue weighted by Gasteiger charge is 2.18. The van der Waals surface area contributed by atoms with Crippen molar-refractivity contribution in [3.8, 4) is 0 Å². The summed E-state index contributed by atoms with van der Waals surface area (Å²) in [5, 5.41) is 1.45. The third-order valence-electron chi connectivity index (χ3n) is 3.06. The van der Waals surface area contributed by atoms with Crippen LogP contribution >= 0.6 is 35.3 Å². The van der Waals surface area contributed by atoms with Crippen molar-refractivity contribution in [3.05, 3.63) is 24.4 Å². The van der Waals surface area contributed by atoms with Crippen molar-refractivity contribution in [1.82, 2.24) is 4.40 Å². The Morgan fingerprint density at radius 2 is 1.43 bits per heavy atom. The second-order valence-corrected chi connectivity index (χ2v) is 8.26. The van der Waals surface area contributed by atoms with Crippen LogP contribution in [0.3, 0.4) is 0 Å². The van der Waals surface area contributed by atoms with Crippen LogP contribution in [0.25, 0.3) is 5.52 Å². The van der Waals surface area contributed by atoms with Crippen LogP contribution in [-0.4, -0.2) is 21.7 Å². The molecule has 0 N–H and O–H groups in total. The molecule has 21 heavy (non-hydrogen) atoms. The molecular weight excluding hydrogens is 314 g/mol. The Kier molecular flexibility index (Phi) is 7.41. The van der Waals surface area contributed by atoms with Crippen molar-refractivity contribution in [2.45, 2.75) is 54.9 Å². The van der Waals surface area contributed by atoms with E-state index in [0.29, 0.717) is 0 Å². The van der Waals surface area contributed by atoms with Crippen molar-refractivity contribution in [1.29, 1.82) is 0 Å². The average Bonchev–Trinajstić information content (AvgIpc) is 2.81. The highest BCUT2D eigenvalue weighted by atomic mass is 32.2. The molecule has 0 aliphatic carbocycles. The average molecular weight is 340 g/mol. The van der Waals surface area contributed by atoms with Crippen LogP contribution in [0.4, 0.5) is 0 Å². The fraction of sp³-hybridized carbons (Fsp3) is 0.529. The molecule has 1 nitrogen and oxygen atoms in total. The lowest BCUT2D eigenvalue weighted by Gasteiger charge is -2.06. The van der Waals surface area contributed by atoms with E-state index in [4.69, 9.17) is 0 Å². The van der Waals surface area contributed by atoms with Crippen LogP contribution in [-0.2, 0) is 0 Å². The van der Waals surface area contributed by atoms with Gasteiger partial charge in [0.2, 0.25) is 0 Å². The number of thioether (sulfide) groups is 3. The first-order valence-electron chi connectivity index (χ1n) is 7.84. The molecule has 0 fully saturated rings. The van der Waals surface area contributed by atoms with Crippen LogP contribution in [0.1, 0.15) is 40.0 Å². The van der Waals surface area contributed by atoms with Crippen LogP contribution < -0.4 is 0 Å². The lowest BCUT2D eigenvalue weighted by Crippen LogP contribution is -1.87. The first-order valence-corrected chi connectivity index (χ1v) is 10.8. The summed E-state index contributed by atoms with van der Waals surface area (Å²) in [6.45, 7) is 6.78. The van der Waals surface area contributed by atoms with E-state index >= 15 is 0 Å². The Morgan fingerprint density at radius 1 is 0.810 bits per heavy atom. The van der Waals surface area contributed by atoms with Gasteiger partial charge in [0.05, 0.1) is 15.4 Å². The van der Waals surface area contributed by atoms with Gasteiger partial charge in [0.1, 0.15) is 0 Å². The van der Waals surface area contributed by atoms with Crippen molar-refractivity contribution in [2.75, 3.05) is 17.3 Å². The van der Waals surface area contributed by atoms with Gasteiger partial charge in [0, 0.05) is 11.1 Å². The molecule has 0 radical (unpaired) electrons. The maximum atomic E-state index is 2.40. The molecule has 4 heteroatoms. The standard InChI is InChI=1S/C17H25NS3/c1-4-11-19-15-14-9-7-8-10-18(14)17(21-13-6-3)16(15)20-12-5-2/h7-10H,4-6,11-13H2,1-3H3. The van der Waals surface area contributed by atoms with E-state index in [0.717, 1.165) is 0 Å². The molecule has 2 rings (SSSR count). The van der Waals surface area contributed by atoms with Gasteiger partial charge in [-0.05, 0) is 48.7 Å². The lowest BCUT2D eigenvalue weighted by molar-refractivity contribution is 0.983. The highest BCUT2D eigenvalue weighted by Crippen LogP contribution is 2.43. The maximum Gasteiger partial charge on any atom is 0.0944 e. The maximum absolute atomic E-state index is 2.40. The molecule has 0 bridgehead atoms. The van der Waals surface area contributed by atoms with Gasteiger partial charge in [-0.1, -0.05) is 26.8 Å². The minimum absolute atomic E-state index is 1.19. The quantitative estimate of drug-likeness (QED) is 0.484. The topological polar surface area (TPSA) is 4.41 Å². The molecular formula is C17H25NS3. The van der Waals surface area contributed by atoms with Crippen molar-refractivity contribution in [2.24, 2.45) is 0 Å². The predicted molar refractivity (Wildman–Crippen MR) is 100 cm³/mol. The molecule has 0 amide bonds. The minimum Gasteiger partial charge on any atom is -0.310 e. The summed E-state index contributed by atoms with van der Waals surface area (Å²) in [4.78, 5) is 3.01. The van der Waals surface area contributed by atoms with Crippen LogP contribution in [0, 0.1) is 0 Å². The second-order valence-electron chi connectivity index (χ2n) is 4.96. The van der Waals surface area contributed by atoms with Crippen LogP contribution in [0.5, 0.6) is 0 Å². The van der Waals surface area contributed by atoms with Gasteiger partial charge in [-0.25, -0.2) is 0 Å². The van der Waals surface area contributed by atoms with Crippen molar-refractivity contribution >= 4 is 40.8 Å². The number of hydrogen-bond donors (Lipinski definition) is 0. The molecule has 0 unspecified atom stereocenters. The largest absolute Gasteiger partial charge is 0.310 e. The van der Waals surface area contributed by atoms with E-state index in [1.807, 2.05) is 35.3 Å². The Labute approximate surface area is 141 Å². The minimum atomic E-state index is 1.19. The van der Waals surface area contributed by atoms with Gasteiger partial charge in [0.15, 0.2) is 0 Å². The van der Waals surface area contributed by atoms with Gasteiger partial charge >= 0.3 is 0 Å². The third-order valence-corrected chi connectivity index (χ3v) is 7.21. The summed E-state index contributed by atoms with van der Waals surface area (Å²) >= 11 is 6.07. The number of aromatic nitrogens is 1. The zero-order chi connectivity index (χ0) is 15.1. The van der Waals surface area contributed by atoms with Gasteiger partial charge in [0.25, 0.3) is 0 Å². The Hall–Kier alpha value is -0.190. The van der Waals surface area contributed by atoms with Crippen LogP contribution in [0.2, 0.25) is 0 Å². The van der Waals surface area contributed by atoms with E-state index in [1.165, 1.54) is 56.9 Å². The zero-order valence-corrected chi connectivity index (χ0v) is 15.7. The Balaban J connectivity index is 2.48. The summed E-state index contributed by atoms with van der Waals surface area (Å²) in [5.74, 6) is 3.60. The van der Waals surface area contributed by atoms with Crippen molar-refractivity contribution < 1.29 is 0 Å². The normalized spacial score (nSPS) is 11.4. The molecule has 0 saturated heterocycles. The highest BCUT2D eigenvalue weighted by molar-refractivity contribution is 8.04. The molecule has 0 aromatic carbocycles. The van der Waals surface area contributed by atoms with Crippen molar-refractivity contribution in [3.63, 3.8) is 0 Å². The number of hydrogen-bond acceptors (Lipinski definition) is 3. The smallest absolute Gasteiger partial charge is 0.0944 e. The van der Waals surface area contributed by atoms with E-state index in [1.54, 1.807) is 0 Å². The predicted octanol–water partition coefficient (Wildman–Crippen LogP) is 6.45. The third kappa shape index (κ3) is 4.17. The number of pyridine rings is 1. The van der Waals surface area contributed by atoms with E-state index < -0.39 is 0 Å². The number of nitrogens with zero attached hydrogens (tertiary/aromatic N) is 1. The number of fused-ring (bicyclic) bond motifs is 1. The molecule has 116 valence electrons. The van der Waals surface area contributed by atoms with Crippen LogP contribution in [0.15, 0.2) is 39.2 Å². The molecule has 0 aliphatic rings. The summed E-state index contributed by atoms with van der Waals surface area (Å²) < 4.78 is 2.40. The van der Waals surface area contributed by atoms with Gasteiger partial charge in [-0.2, -0.15) is 0 Å². The molecule has 2 heterocycles. The fourth-order valence-corrected chi connectivity index (χ4v) is 5.65. The first-order chi connectivity index (χ1) is 10.3. The van der Waals surface area contributed by atoms with E-state index in [2.05, 4.69) is 49.6 Å². The summed E-state index contributed by atoms with van der Waals surface area (Å²) in [6.07, 6.45) is 5.90. The lowest BCUT2D eigenvalue weighted by atomic mass is 10.4. The zero-order valence-electron chi connectivity index (χ0n) is 13.2. The molecule has 0 aliphatic heterocycles. The molecule has 2 aromatic heterocycles. The van der Waals surface area contributed by atoms with E-state index in [9.17, 15) is 0 Å². The molecule has 0 spiro atoms. The molecule has 0 atom stereocenters. The SMILES string of the molecule is CCCSc1c(SCCC)c2ccccn2c1SCCC. The summed E-state index contributed by atoms with van der Waals surface area (Å²) in [7, 11) is 0. The van der Waals surface area contributed by atoms with Gasteiger partial charge in [-0.3, -0.25) is 0 Å².